The highest BCUT2D eigenvalue weighted by Crippen LogP contribution is 2.14. The number of rotatable bonds is 11. The average molecular weight is 229 g/mol. The van der Waals surface area contributed by atoms with Crippen LogP contribution in [0.2, 0.25) is 0 Å². The third-order valence-corrected chi connectivity index (χ3v) is 3.21. The largest absolute Gasteiger partial charge is 0.396 e. The van der Waals surface area contributed by atoms with Crippen molar-refractivity contribution in [1.82, 2.24) is 5.32 Å². The third-order valence-electron chi connectivity index (χ3n) is 3.21. The predicted molar refractivity (Wildman–Crippen MR) is 71.7 cm³/mol. The van der Waals surface area contributed by atoms with Crippen molar-refractivity contribution in [2.45, 2.75) is 71.8 Å². The Morgan fingerprint density at radius 3 is 2.31 bits per heavy atom. The highest BCUT2D eigenvalue weighted by atomic mass is 16.2. The Morgan fingerprint density at radius 1 is 1.00 bits per heavy atom. The summed E-state index contributed by atoms with van der Waals surface area (Å²) < 4.78 is 0. The number of nitrogens with one attached hydrogen (secondary N) is 1. The molecule has 2 N–H and O–H groups in total. The molecule has 98 valence electrons. The zero-order valence-electron chi connectivity index (χ0n) is 11.5. The molecule has 0 saturated heterocycles. The summed E-state index contributed by atoms with van der Waals surface area (Å²) in [4.78, 5) is 0. The zero-order chi connectivity index (χ0) is 12.2. The maximum atomic E-state index is 8.77. The van der Waals surface area contributed by atoms with E-state index in [2.05, 4.69) is 26.1 Å². The minimum absolute atomic E-state index is 0.320. The van der Waals surface area contributed by atoms with Gasteiger partial charge >= 0.3 is 0 Å². The van der Waals surface area contributed by atoms with Gasteiger partial charge in [0.1, 0.15) is 0 Å². The standard InChI is InChI=1S/C14H31NO/c1-4-6-10-14(8-5-2)12-15-13(3)9-7-11-16/h13-16H,4-12H2,1-3H3. The van der Waals surface area contributed by atoms with Crippen LogP contribution in [0.3, 0.4) is 0 Å². The fourth-order valence-electron chi connectivity index (χ4n) is 2.12. The number of unbranched alkanes of at least 4 members (excludes halogenated alkanes) is 1. The van der Waals surface area contributed by atoms with Crippen molar-refractivity contribution in [2.24, 2.45) is 5.92 Å². The van der Waals surface area contributed by atoms with Crippen molar-refractivity contribution in [3.63, 3.8) is 0 Å². The second-order valence-corrected chi connectivity index (χ2v) is 4.97. The molecular weight excluding hydrogens is 198 g/mol. The van der Waals surface area contributed by atoms with Gasteiger partial charge < -0.3 is 10.4 Å². The molecule has 0 aromatic heterocycles. The maximum absolute atomic E-state index is 8.77. The van der Waals surface area contributed by atoms with Gasteiger partial charge in [0, 0.05) is 12.6 Å². The molecule has 2 atom stereocenters. The van der Waals surface area contributed by atoms with Crippen LogP contribution in [0.4, 0.5) is 0 Å². The van der Waals surface area contributed by atoms with E-state index in [0.717, 1.165) is 25.3 Å². The first kappa shape index (κ1) is 15.9. The summed E-state index contributed by atoms with van der Waals surface area (Å²) >= 11 is 0. The van der Waals surface area contributed by atoms with Gasteiger partial charge in [-0.3, -0.25) is 0 Å². The number of hydrogen-bond acceptors (Lipinski definition) is 2. The van der Waals surface area contributed by atoms with Gasteiger partial charge in [0.25, 0.3) is 0 Å². The number of hydrogen-bond donors (Lipinski definition) is 2. The fourth-order valence-corrected chi connectivity index (χ4v) is 2.12. The summed E-state index contributed by atoms with van der Waals surface area (Å²) in [6.07, 6.45) is 8.67. The highest BCUT2D eigenvalue weighted by molar-refractivity contribution is 4.66. The van der Waals surface area contributed by atoms with Gasteiger partial charge in [-0.1, -0.05) is 33.1 Å². The van der Waals surface area contributed by atoms with E-state index in [4.69, 9.17) is 5.11 Å². The summed E-state index contributed by atoms with van der Waals surface area (Å²) in [5.74, 6) is 0.849. The van der Waals surface area contributed by atoms with E-state index < -0.39 is 0 Å². The average Bonchev–Trinajstić information content (AvgIpc) is 2.30. The van der Waals surface area contributed by atoms with Crippen molar-refractivity contribution in [2.75, 3.05) is 13.2 Å². The van der Waals surface area contributed by atoms with Gasteiger partial charge in [-0.05, 0) is 45.1 Å². The van der Waals surface area contributed by atoms with Crippen LogP contribution in [-0.4, -0.2) is 24.3 Å². The van der Waals surface area contributed by atoms with E-state index in [-0.39, 0.29) is 0 Å². The normalized spacial score (nSPS) is 15.0. The first-order chi connectivity index (χ1) is 7.74. The zero-order valence-corrected chi connectivity index (χ0v) is 11.5. The summed E-state index contributed by atoms with van der Waals surface area (Å²) in [5.41, 5.74) is 0. The Labute approximate surface area is 102 Å². The first-order valence-corrected chi connectivity index (χ1v) is 7.08. The molecule has 0 amide bonds. The van der Waals surface area contributed by atoms with Gasteiger partial charge in [-0.15, -0.1) is 0 Å². The lowest BCUT2D eigenvalue weighted by Crippen LogP contribution is -2.31. The Hall–Kier alpha value is -0.0800. The van der Waals surface area contributed by atoms with Crippen LogP contribution in [0, 0.1) is 5.92 Å². The molecule has 0 rings (SSSR count). The van der Waals surface area contributed by atoms with Crippen LogP contribution < -0.4 is 5.32 Å². The molecule has 0 fully saturated rings. The molecule has 16 heavy (non-hydrogen) atoms. The molecule has 0 aliphatic rings. The van der Waals surface area contributed by atoms with E-state index in [1.165, 1.54) is 32.1 Å². The van der Waals surface area contributed by atoms with Gasteiger partial charge in [-0.2, -0.15) is 0 Å². The molecule has 0 aliphatic heterocycles. The molecule has 2 nitrogen and oxygen atoms in total. The minimum atomic E-state index is 0.320. The Bertz CT molecular complexity index is 139. The van der Waals surface area contributed by atoms with Gasteiger partial charge in [0.05, 0.1) is 0 Å². The molecule has 0 aromatic rings. The van der Waals surface area contributed by atoms with Crippen LogP contribution in [-0.2, 0) is 0 Å². The Balaban J connectivity index is 3.63. The van der Waals surface area contributed by atoms with E-state index in [1.807, 2.05) is 0 Å². The summed E-state index contributed by atoms with van der Waals surface area (Å²) in [7, 11) is 0. The molecule has 2 heteroatoms. The van der Waals surface area contributed by atoms with Crippen LogP contribution in [0.5, 0.6) is 0 Å². The van der Waals surface area contributed by atoms with E-state index in [0.29, 0.717) is 12.6 Å². The van der Waals surface area contributed by atoms with E-state index in [1.54, 1.807) is 0 Å². The monoisotopic (exact) mass is 229 g/mol. The number of aliphatic hydroxyl groups is 1. The predicted octanol–water partition coefficient (Wildman–Crippen LogP) is 3.34. The molecule has 0 radical (unpaired) electrons. The van der Waals surface area contributed by atoms with Gasteiger partial charge in [0.2, 0.25) is 0 Å². The van der Waals surface area contributed by atoms with Gasteiger partial charge in [0.15, 0.2) is 0 Å². The summed E-state index contributed by atoms with van der Waals surface area (Å²) in [6, 6.07) is 0.549. The molecule has 0 saturated carbocycles. The van der Waals surface area contributed by atoms with Crippen molar-refractivity contribution in [3.8, 4) is 0 Å². The van der Waals surface area contributed by atoms with Crippen LogP contribution >= 0.6 is 0 Å². The van der Waals surface area contributed by atoms with E-state index >= 15 is 0 Å². The molecule has 0 bridgehead atoms. The summed E-state index contributed by atoms with van der Waals surface area (Å²) in [6.45, 7) is 8.23. The quantitative estimate of drug-likeness (QED) is 0.569. The lowest BCUT2D eigenvalue weighted by molar-refractivity contribution is 0.273. The van der Waals surface area contributed by atoms with Crippen LogP contribution in [0.25, 0.3) is 0 Å². The molecule has 2 unspecified atom stereocenters. The Kier molecular flexibility index (Phi) is 11.3. The lowest BCUT2D eigenvalue weighted by atomic mass is 9.96. The van der Waals surface area contributed by atoms with Crippen LogP contribution in [0.15, 0.2) is 0 Å². The second kappa shape index (κ2) is 11.4. The third kappa shape index (κ3) is 9.17. The molecule has 0 spiro atoms. The highest BCUT2D eigenvalue weighted by Gasteiger charge is 2.08. The summed E-state index contributed by atoms with van der Waals surface area (Å²) in [5, 5.41) is 12.4. The first-order valence-electron chi connectivity index (χ1n) is 7.08. The van der Waals surface area contributed by atoms with E-state index in [9.17, 15) is 0 Å². The maximum Gasteiger partial charge on any atom is 0.0431 e. The lowest BCUT2D eigenvalue weighted by Gasteiger charge is -2.20. The second-order valence-electron chi connectivity index (χ2n) is 4.97. The minimum Gasteiger partial charge on any atom is -0.396 e. The fraction of sp³-hybridized carbons (Fsp3) is 1.00. The smallest absolute Gasteiger partial charge is 0.0431 e. The Morgan fingerprint density at radius 2 is 1.75 bits per heavy atom. The molecule has 0 aliphatic carbocycles. The number of aliphatic hydroxyl groups excluding tert-OH is 1. The molecule has 0 heterocycles. The SMILES string of the molecule is CCCCC(CCC)CNC(C)CCCO. The van der Waals surface area contributed by atoms with Crippen LogP contribution in [0.1, 0.15) is 65.7 Å². The molecular formula is C14H31NO. The topological polar surface area (TPSA) is 32.3 Å². The van der Waals surface area contributed by atoms with Crippen molar-refractivity contribution >= 4 is 0 Å². The molecule has 0 aromatic carbocycles. The van der Waals surface area contributed by atoms with Gasteiger partial charge in [-0.25, -0.2) is 0 Å². The van der Waals surface area contributed by atoms with Crippen molar-refractivity contribution < 1.29 is 5.11 Å². The van der Waals surface area contributed by atoms with Crippen molar-refractivity contribution in [1.29, 1.82) is 0 Å². The van der Waals surface area contributed by atoms with Crippen molar-refractivity contribution in [3.05, 3.63) is 0 Å².